The number of benzene rings is 2. The van der Waals surface area contributed by atoms with Crippen LogP contribution in [0.4, 0.5) is 0 Å². The molecule has 0 bridgehead atoms. The van der Waals surface area contributed by atoms with Gasteiger partial charge in [0.15, 0.2) is 11.5 Å². The number of ether oxygens (including phenoxy) is 3. The largest absolute Gasteiger partial charge is 0.493 e. The molecule has 2 aliphatic heterocycles. The summed E-state index contributed by atoms with van der Waals surface area (Å²) >= 11 is 0.979. The zero-order valence-corrected chi connectivity index (χ0v) is 18.8. The summed E-state index contributed by atoms with van der Waals surface area (Å²) in [6.07, 6.45) is 0. The second-order valence-electron chi connectivity index (χ2n) is 7.29. The monoisotopic (exact) mass is 476 g/mol. The van der Waals surface area contributed by atoms with Crippen LogP contribution in [-0.2, 0) is 10.0 Å². The van der Waals surface area contributed by atoms with Gasteiger partial charge in [-0.3, -0.25) is 4.79 Å². The quantitative estimate of drug-likeness (QED) is 0.559. The van der Waals surface area contributed by atoms with Gasteiger partial charge < -0.3 is 19.1 Å². The number of hydrogen-bond acceptors (Lipinski definition) is 9. The molecule has 0 N–H and O–H groups in total. The van der Waals surface area contributed by atoms with Crippen LogP contribution in [0.15, 0.2) is 35.2 Å². The Balaban J connectivity index is 1.34. The van der Waals surface area contributed by atoms with Crippen LogP contribution < -0.4 is 14.2 Å². The molecule has 1 amide bonds. The first-order chi connectivity index (χ1) is 15.5. The van der Waals surface area contributed by atoms with E-state index in [0.29, 0.717) is 47.1 Å². The summed E-state index contributed by atoms with van der Waals surface area (Å²) in [6.45, 7) is 1.71. The van der Waals surface area contributed by atoms with E-state index < -0.39 is 10.0 Å². The second-order valence-corrected chi connectivity index (χ2v) is 9.72. The summed E-state index contributed by atoms with van der Waals surface area (Å²) < 4.78 is 52.6. The van der Waals surface area contributed by atoms with Crippen molar-refractivity contribution in [2.45, 2.75) is 4.90 Å². The number of hydrogen-bond donors (Lipinski definition) is 0. The number of sulfonamides is 1. The Morgan fingerprint density at radius 2 is 1.88 bits per heavy atom. The molecule has 32 heavy (non-hydrogen) atoms. The molecule has 3 aromatic rings. The SMILES string of the molecule is COc1cc(C(=O)N2CCN(S(=O)(=O)c3cccc4nsnc34)CC2)cc2c1OCCO2. The highest BCUT2D eigenvalue weighted by Gasteiger charge is 2.33. The highest BCUT2D eigenvalue weighted by atomic mass is 32.2. The topological polar surface area (TPSA) is 111 Å². The van der Waals surface area contributed by atoms with E-state index in [1.807, 2.05) is 0 Å². The van der Waals surface area contributed by atoms with Crippen LogP contribution in [-0.4, -0.2) is 78.8 Å². The maximum absolute atomic E-state index is 13.2. The summed E-state index contributed by atoms with van der Waals surface area (Å²) in [7, 11) is -2.25. The van der Waals surface area contributed by atoms with Gasteiger partial charge in [-0.05, 0) is 24.3 Å². The first-order valence-electron chi connectivity index (χ1n) is 9.97. The fourth-order valence-corrected chi connectivity index (χ4v) is 6.01. The van der Waals surface area contributed by atoms with Crippen molar-refractivity contribution < 1.29 is 27.4 Å². The van der Waals surface area contributed by atoms with Gasteiger partial charge in [0.1, 0.15) is 29.1 Å². The van der Waals surface area contributed by atoms with Crippen molar-refractivity contribution in [1.82, 2.24) is 18.0 Å². The van der Waals surface area contributed by atoms with Crippen molar-refractivity contribution >= 4 is 38.7 Å². The van der Waals surface area contributed by atoms with Crippen LogP contribution in [0.5, 0.6) is 17.2 Å². The lowest BCUT2D eigenvalue weighted by Gasteiger charge is -2.34. The molecule has 3 heterocycles. The number of nitrogens with zero attached hydrogens (tertiary/aromatic N) is 4. The van der Waals surface area contributed by atoms with Crippen LogP contribution in [0.25, 0.3) is 11.0 Å². The summed E-state index contributed by atoms with van der Waals surface area (Å²) in [5.41, 5.74) is 1.33. The van der Waals surface area contributed by atoms with Crippen molar-refractivity contribution in [3.63, 3.8) is 0 Å². The highest BCUT2D eigenvalue weighted by Crippen LogP contribution is 2.40. The smallest absolute Gasteiger partial charge is 0.254 e. The molecule has 5 rings (SSSR count). The van der Waals surface area contributed by atoms with Crippen LogP contribution >= 0.6 is 11.7 Å². The van der Waals surface area contributed by atoms with Gasteiger partial charge in [0.2, 0.25) is 15.8 Å². The molecule has 168 valence electrons. The first kappa shape index (κ1) is 20.9. The first-order valence-corrected chi connectivity index (χ1v) is 12.1. The molecule has 0 spiro atoms. The van der Waals surface area contributed by atoms with Crippen LogP contribution in [0.2, 0.25) is 0 Å². The summed E-state index contributed by atoms with van der Waals surface area (Å²) in [6, 6.07) is 8.19. The molecule has 0 aliphatic carbocycles. The van der Waals surface area contributed by atoms with E-state index in [0.717, 1.165) is 11.7 Å². The Labute approximate surface area is 188 Å². The number of amides is 1. The minimum absolute atomic E-state index is 0.139. The van der Waals surface area contributed by atoms with Gasteiger partial charge in [0, 0.05) is 31.7 Å². The molecule has 1 saturated heterocycles. The molecule has 0 unspecified atom stereocenters. The number of aromatic nitrogens is 2. The van der Waals surface area contributed by atoms with Crippen molar-refractivity contribution in [3.05, 3.63) is 35.9 Å². The van der Waals surface area contributed by atoms with E-state index in [4.69, 9.17) is 14.2 Å². The van der Waals surface area contributed by atoms with Crippen molar-refractivity contribution in [3.8, 4) is 17.2 Å². The number of fused-ring (bicyclic) bond motifs is 2. The predicted octanol–water partition coefficient (Wildman–Crippen LogP) is 1.62. The number of piperazine rings is 1. The fourth-order valence-electron chi connectivity index (χ4n) is 3.84. The zero-order chi connectivity index (χ0) is 22.3. The van der Waals surface area contributed by atoms with E-state index in [2.05, 4.69) is 8.75 Å². The van der Waals surface area contributed by atoms with Crippen LogP contribution in [0.3, 0.4) is 0 Å². The van der Waals surface area contributed by atoms with E-state index in [1.54, 1.807) is 29.2 Å². The summed E-state index contributed by atoms with van der Waals surface area (Å²) in [5.74, 6) is 1.15. The summed E-state index contributed by atoms with van der Waals surface area (Å²) in [5, 5.41) is 0. The Morgan fingerprint density at radius 3 is 2.66 bits per heavy atom. The average Bonchev–Trinajstić information content (AvgIpc) is 3.32. The number of carbonyl (C=O) groups is 1. The van der Waals surface area contributed by atoms with Crippen molar-refractivity contribution in [1.29, 1.82) is 0 Å². The zero-order valence-electron chi connectivity index (χ0n) is 17.2. The molecule has 2 aromatic carbocycles. The Kier molecular flexibility index (Phi) is 5.35. The molecule has 0 radical (unpaired) electrons. The molecular weight excluding hydrogens is 456 g/mol. The van der Waals surface area contributed by atoms with Gasteiger partial charge in [-0.1, -0.05) is 6.07 Å². The lowest BCUT2D eigenvalue weighted by Crippen LogP contribution is -2.50. The van der Waals surface area contributed by atoms with Crippen LogP contribution in [0.1, 0.15) is 10.4 Å². The molecule has 0 saturated carbocycles. The van der Waals surface area contributed by atoms with Crippen molar-refractivity contribution in [2.75, 3.05) is 46.5 Å². The maximum Gasteiger partial charge on any atom is 0.254 e. The molecule has 10 nitrogen and oxygen atoms in total. The fraction of sp³-hybridized carbons (Fsp3) is 0.350. The van der Waals surface area contributed by atoms with Gasteiger partial charge in [-0.2, -0.15) is 13.1 Å². The third-order valence-electron chi connectivity index (χ3n) is 5.47. The standard InChI is InChI=1S/C20H20N4O6S2/c1-28-15-11-13(12-16-19(15)30-10-9-29-16)20(25)23-5-7-24(8-6-23)32(26,27)17-4-2-3-14-18(17)22-31-21-14/h2-4,11-12H,5-10H2,1H3. The van der Waals surface area contributed by atoms with E-state index in [1.165, 1.54) is 17.5 Å². The van der Waals surface area contributed by atoms with Gasteiger partial charge >= 0.3 is 0 Å². The molecule has 1 aromatic heterocycles. The average molecular weight is 477 g/mol. The number of rotatable bonds is 4. The second kappa shape index (κ2) is 8.19. The maximum atomic E-state index is 13.2. The molecule has 12 heteroatoms. The normalized spacial score (nSPS) is 16.8. The molecule has 2 aliphatic rings. The van der Waals surface area contributed by atoms with E-state index in [-0.39, 0.29) is 37.0 Å². The van der Waals surface area contributed by atoms with Gasteiger partial charge in [0.05, 0.1) is 18.8 Å². The number of carbonyl (C=O) groups excluding carboxylic acids is 1. The predicted molar refractivity (Wildman–Crippen MR) is 116 cm³/mol. The minimum Gasteiger partial charge on any atom is -0.493 e. The van der Waals surface area contributed by atoms with Gasteiger partial charge in [-0.15, -0.1) is 0 Å². The Bertz CT molecular complexity index is 1270. The molecule has 0 atom stereocenters. The third-order valence-corrected chi connectivity index (χ3v) is 7.94. The summed E-state index contributed by atoms with van der Waals surface area (Å²) in [4.78, 5) is 14.9. The van der Waals surface area contributed by atoms with Crippen LogP contribution in [0, 0.1) is 0 Å². The van der Waals surface area contributed by atoms with Gasteiger partial charge in [-0.25, -0.2) is 8.42 Å². The number of methoxy groups -OCH3 is 1. The Morgan fingerprint density at radius 1 is 1.09 bits per heavy atom. The lowest BCUT2D eigenvalue weighted by atomic mass is 10.1. The Hall–Kier alpha value is -2.96. The van der Waals surface area contributed by atoms with Gasteiger partial charge in [0.25, 0.3) is 5.91 Å². The van der Waals surface area contributed by atoms with E-state index >= 15 is 0 Å². The van der Waals surface area contributed by atoms with Crippen molar-refractivity contribution in [2.24, 2.45) is 0 Å². The molecular formula is C20H20N4O6S2. The minimum atomic E-state index is -3.75. The highest BCUT2D eigenvalue weighted by molar-refractivity contribution is 7.89. The molecule has 1 fully saturated rings. The lowest BCUT2D eigenvalue weighted by molar-refractivity contribution is 0.0696. The third kappa shape index (κ3) is 3.53. The van der Waals surface area contributed by atoms with E-state index in [9.17, 15) is 13.2 Å².